The van der Waals surface area contributed by atoms with Crippen molar-refractivity contribution in [2.75, 3.05) is 13.7 Å². The topological polar surface area (TPSA) is 55.8 Å². The number of ether oxygens (including phenoxy) is 1. The van der Waals surface area contributed by atoms with Gasteiger partial charge in [-0.05, 0) is 31.0 Å². The number of esters is 1. The molecule has 0 rings (SSSR count). The van der Waals surface area contributed by atoms with Gasteiger partial charge >= 0.3 is 5.97 Å². The van der Waals surface area contributed by atoms with Gasteiger partial charge in [0.1, 0.15) is 0 Å². The van der Waals surface area contributed by atoms with E-state index in [4.69, 9.17) is 9.53 Å². The Kier molecular flexibility index (Phi) is 12.3. The number of carbonyl (C=O) groups is 1. The van der Waals surface area contributed by atoms with Crippen molar-refractivity contribution in [2.24, 2.45) is 5.92 Å². The van der Waals surface area contributed by atoms with Crippen LogP contribution in [0.3, 0.4) is 0 Å². The molecular formula is C18H36O4Si. The Balaban J connectivity index is 0. The fourth-order valence-corrected chi connectivity index (χ4v) is 2.01. The van der Waals surface area contributed by atoms with E-state index in [9.17, 15) is 4.79 Å². The van der Waals surface area contributed by atoms with Gasteiger partial charge in [0, 0.05) is 6.08 Å². The second kappa shape index (κ2) is 11.6. The molecule has 1 atom stereocenters. The maximum Gasteiger partial charge on any atom is 0.330 e. The van der Waals surface area contributed by atoms with E-state index in [1.165, 1.54) is 13.2 Å². The summed E-state index contributed by atoms with van der Waals surface area (Å²) in [5, 5.41) is 9.27. The maximum absolute atomic E-state index is 10.4. The standard InChI is InChI=1S/C11H24O2Si.C7H12O2/c1-10(12)8-7-9-13-14(5,6)11(2,3)4;1-6(2)4-5-7(8)9-3/h7-8,10,12H,9H2,1-6H3;4-6H,1-3H3/b8-7-;5-4-/t10-;/m0./s1. The van der Waals surface area contributed by atoms with Gasteiger partial charge in [-0.2, -0.15) is 0 Å². The van der Waals surface area contributed by atoms with E-state index in [1.54, 1.807) is 19.1 Å². The Bertz CT molecular complexity index is 377. The first-order chi connectivity index (χ1) is 10.3. The zero-order valence-electron chi connectivity index (χ0n) is 16.3. The average molecular weight is 345 g/mol. The number of aliphatic hydroxyl groups is 1. The SMILES string of the molecule is COC(=O)/C=C\C(C)C.C[C@H](O)/C=C\CO[Si](C)(C)C(C)(C)C. The average Bonchev–Trinajstić information content (AvgIpc) is 2.40. The second-order valence-corrected chi connectivity index (χ2v) is 12.2. The number of aliphatic hydroxyl groups excluding tert-OH is 1. The van der Waals surface area contributed by atoms with Gasteiger partial charge in [-0.25, -0.2) is 4.79 Å². The van der Waals surface area contributed by atoms with E-state index in [2.05, 4.69) is 38.6 Å². The van der Waals surface area contributed by atoms with Crippen LogP contribution in [0.15, 0.2) is 24.3 Å². The number of hydrogen-bond donors (Lipinski definition) is 1. The molecule has 0 aromatic heterocycles. The van der Waals surface area contributed by atoms with Crippen molar-refractivity contribution in [2.45, 2.75) is 65.8 Å². The molecule has 0 unspecified atom stereocenters. The normalized spacial score (nSPS) is 14.0. The lowest BCUT2D eigenvalue weighted by molar-refractivity contribution is -0.134. The number of carbonyl (C=O) groups excluding carboxylic acids is 1. The molecule has 136 valence electrons. The summed E-state index contributed by atoms with van der Waals surface area (Å²) >= 11 is 0. The van der Waals surface area contributed by atoms with Crippen LogP contribution in [0.1, 0.15) is 41.5 Å². The van der Waals surface area contributed by atoms with E-state index < -0.39 is 8.32 Å². The van der Waals surface area contributed by atoms with Crippen molar-refractivity contribution in [1.82, 2.24) is 0 Å². The first-order valence-electron chi connectivity index (χ1n) is 8.08. The van der Waals surface area contributed by atoms with Crippen LogP contribution in [0.25, 0.3) is 0 Å². The van der Waals surface area contributed by atoms with Crippen molar-refractivity contribution < 1.29 is 19.1 Å². The predicted octanol–water partition coefficient (Wildman–Crippen LogP) is 4.32. The molecule has 23 heavy (non-hydrogen) atoms. The van der Waals surface area contributed by atoms with Gasteiger partial charge < -0.3 is 14.3 Å². The largest absolute Gasteiger partial charge is 0.466 e. The van der Waals surface area contributed by atoms with Crippen LogP contribution in [0, 0.1) is 5.92 Å². The number of allylic oxidation sites excluding steroid dienone is 1. The Morgan fingerprint density at radius 3 is 2.04 bits per heavy atom. The number of rotatable bonds is 6. The van der Waals surface area contributed by atoms with Gasteiger partial charge in [-0.1, -0.05) is 52.8 Å². The smallest absolute Gasteiger partial charge is 0.330 e. The van der Waals surface area contributed by atoms with Gasteiger partial charge in [-0.3, -0.25) is 0 Å². The van der Waals surface area contributed by atoms with Crippen LogP contribution in [0.2, 0.25) is 18.1 Å². The third-order valence-corrected chi connectivity index (χ3v) is 8.08. The molecule has 0 spiro atoms. The highest BCUT2D eigenvalue weighted by atomic mass is 28.4. The molecule has 0 saturated carbocycles. The summed E-state index contributed by atoms with van der Waals surface area (Å²) in [6.45, 7) is 17.5. The molecule has 0 aliphatic heterocycles. The number of methoxy groups -OCH3 is 1. The van der Waals surface area contributed by atoms with Crippen LogP contribution >= 0.6 is 0 Å². The first kappa shape index (κ1) is 24.3. The lowest BCUT2D eigenvalue weighted by Crippen LogP contribution is -2.40. The van der Waals surface area contributed by atoms with Crippen molar-refractivity contribution >= 4 is 14.3 Å². The molecule has 0 amide bonds. The van der Waals surface area contributed by atoms with Crippen molar-refractivity contribution in [3.05, 3.63) is 24.3 Å². The number of hydrogen-bond acceptors (Lipinski definition) is 4. The van der Waals surface area contributed by atoms with Crippen molar-refractivity contribution in [3.63, 3.8) is 0 Å². The summed E-state index contributed by atoms with van der Waals surface area (Å²) in [6.07, 6.45) is 6.51. The molecule has 1 N–H and O–H groups in total. The molecule has 0 saturated heterocycles. The van der Waals surface area contributed by atoms with E-state index in [0.717, 1.165) is 0 Å². The third kappa shape index (κ3) is 14.4. The van der Waals surface area contributed by atoms with Gasteiger partial charge in [0.2, 0.25) is 0 Å². The highest BCUT2D eigenvalue weighted by Gasteiger charge is 2.36. The van der Waals surface area contributed by atoms with E-state index in [0.29, 0.717) is 12.5 Å². The Morgan fingerprint density at radius 1 is 1.17 bits per heavy atom. The fraction of sp³-hybridized carbons (Fsp3) is 0.722. The molecule has 0 aliphatic rings. The zero-order valence-corrected chi connectivity index (χ0v) is 17.3. The van der Waals surface area contributed by atoms with Crippen LogP contribution < -0.4 is 0 Å². The Hall–Kier alpha value is -0.913. The lowest BCUT2D eigenvalue weighted by atomic mass is 10.2. The molecule has 0 aromatic rings. The van der Waals surface area contributed by atoms with Crippen LogP contribution in [-0.2, 0) is 14.0 Å². The minimum atomic E-state index is -1.61. The zero-order chi connectivity index (χ0) is 18.7. The van der Waals surface area contributed by atoms with E-state index >= 15 is 0 Å². The van der Waals surface area contributed by atoms with E-state index in [1.807, 2.05) is 19.9 Å². The van der Waals surface area contributed by atoms with Gasteiger partial charge in [-0.15, -0.1) is 0 Å². The second-order valence-electron chi connectivity index (χ2n) is 7.37. The van der Waals surface area contributed by atoms with Gasteiger partial charge in [0.25, 0.3) is 0 Å². The molecule has 5 heteroatoms. The van der Waals surface area contributed by atoms with Gasteiger partial charge in [0.05, 0.1) is 19.8 Å². The van der Waals surface area contributed by atoms with Gasteiger partial charge in [0.15, 0.2) is 8.32 Å². The van der Waals surface area contributed by atoms with E-state index in [-0.39, 0.29) is 17.1 Å². The van der Waals surface area contributed by atoms with Crippen LogP contribution in [0.4, 0.5) is 0 Å². The Labute approximate surface area is 143 Å². The van der Waals surface area contributed by atoms with Crippen LogP contribution in [-0.4, -0.2) is 39.2 Å². The molecule has 0 aromatic carbocycles. The van der Waals surface area contributed by atoms with Crippen molar-refractivity contribution in [3.8, 4) is 0 Å². The molecule has 0 radical (unpaired) electrons. The molecule has 0 aliphatic carbocycles. The quantitative estimate of drug-likeness (QED) is 0.337. The summed E-state index contributed by atoms with van der Waals surface area (Å²) in [5.41, 5.74) is 0. The molecular weight excluding hydrogens is 308 g/mol. The molecule has 0 fully saturated rings. The molecule has 4 nitrogen and oxygen atoms in total. The highest BCUT2D eigenvalue weighted by Crippen LogP contribution is 2.36. The minimum Gasteiger partial charge on any atom is -0.466 e. The predicted molar refractivity (Wildman–Crippen MR) is 100.0 cm³/mol. The first-order valence-corrected chi connectivity index (χ1v) is 11.0. The fourth-order valence-electron chi connectivity index (χ4n) is 1.06. The third-order valence-electron chi connectivity index (χ3n) is 3.58. The Morgan fingerprint density at radius 2 is 1.70 bits per heavy atom. The maximum atomic E-state index is 10.4. The summed E-state index contributed by atoms with van der Waals surface area (Å²) in [4.78, 5) is 10.4. The summed E-state index contributed by atoms with van der Waals surface area (Å²) < 4.78 is 10.3. The monoisotopic (exact) mass is 344 g/mol. The summed E-state index contributed by atoms with van der Waals surface area (Å²) in [7, 11) is -0.242. The lowest BCUT2D eigenvalue weighted by Gasteiger charge is -2.35. The minimum absolute atomic E-state index is 0.256. The molecule has 0 heterocycles. The molecule has 0 bridgehead atoms. The van der Waals surface area contributed by atoms with Crippen molar-refractivity contribution in [1.29, 1.82) is 0 Å². The summed E-state index contributed by atoms with van der Waals surface area (Å²) in [5.74, 6) is 0.118. The van der Waals surface area contributed by atoms with Crippen LogP contribution in [0.5, 0.6) is 0 Å². The highest BCUT2D eigenvalue weighted by molar-refractivity contribution is 6.74. The summed E-state index contributed by atoms with van der Waals surface area (Å²) in [6, 6.07) is 0.